The van der Waals surface area contributed by atoms with Crippen molar-refractivity contribution in [1.82, 2.24) is 0 Å². The molecule has 0 fully saturated rings. The third kappa shape index (κ3) is 21.0. The van der Waals surface area contributed by atoms with Crippen LogP contribution >= 0.6 is 0 Å². The summed E-state index contributed by atoms with van der Waals surface area (Å²) in [6.07, 6.45) is 17.1. The van der Waals surface area contributed by atoms with Crippen molar-refractivity contribution < 1.29 is 21.5 Å². The molecule has 166 valence electrons. The summed E-state index contributed by atoms with van der Waals surface area (Å²) < 4.78 is 1.34. The number of quaternary nitrogens is 1. The highest BCUT2D eigenvalue weighted by Gasteiger charge is 2.20. The van der Waals surface area contributed by atoms with Gasteiger partial charge in [-0.2, -0.15) is 0 Å². The minimum atomic E-state index is 0. The van der Waals surface area contributed by atoms with Crippen LogP contribution in [0.3, 0.4) is 0 Å². The van der Waals surface area contributed by atoms with Gasteiger partial charge in [0.05, 0.1) is 26.7 Å². The highest BCUT2D eigenvalue weighted by molar-refractivity contribution is 4.53. The Hall–Kier alpha value is 0.440. The van der Waals surface area contributed by atoms with E-state index in [2.05, 4.69) is 48.6 Å². The van der Waals surface area contributed by atoms with Gasteiger partial charge < -0.3 is 21.5 Å². The zero-order valence-electron chi connectivity index (χ0n) is 20.2. The van der Waals surface area contributed by atoms with Crippen molar-refractivity contribution in [2.45, 2.75) is 119 Å². The van der Waals surface area contributed by atoms with Crippen LogP contribution in [0.5, 0.6) is 0 Å². The van der Waals surface area contributed by atoms with Crippen LogP contribution in [-0.4, -0.2) is 31.2 Å². The lowest BCUT2D eigenvalue weighted by Gasteiger charge is -2.35. The zero-order chi connectivity index (χ0) is 19.8. The third-order valence-corrected chi connectivity index (χ3v) is 5.94. The van der Waals surface area contributed by atoms with Crippen LogP contribution in [0.25, 0.3) is 0 Å². The monoisotopic (exact) mass is 447 g/mol. The van der Waals surface area contributed by atoms with E-state index in [4.69, 9.17) is 0 Å². The molecule has 0 aromatic carbocycles. The Bertz CT molecular complexity index is 253. The van der Waals surface area contributed by atoms with Gasteiger partial charge in [0.1, 0.15) is 0 Å². The summed E-state index contributed by atoms with van der Waals surface area (Å²) in [4.78, 5) is 0. The van der Waals surface area contributed by atoms with Crippen LogP contribution in [0.2, 0.25) is 0 Å². The molecule has 0 aliphatic carbocycles. The number of rotatable bonds is 18. The molecule has 27 heavy (non-hydrogen) atoms. The summed E-state index contributed by atoms with van der Waals surface area (Å²) in [5.74, 6) is 2.62. The first-order chi connectivity index (χ1) is 12.2. The quantitative estimate of drug-likeness (QED) is 0.202. The average Bonchev–Trinajstić information content (AvgIpc) is 2.53. The first kappa shape index (κ1) is 29.6. The van der Waals surface area contributed by atoms with E-state index in [9.17, 15) is 0 Å². The molecule has 0 bridgehead atoms. The van der Waals surface area contributed by atoms with E-state index in [0.29, 0.717) is 0 Å². The van der Waals surface area contributed by atoms with Gasteiger partial charge in [0.2, 0.25) is 0 Å². The summed E-state index contributed by atoms with van der Waals surface area (Å²) in [6.45, 7) is 18.4. The Kier molecular flexibility index (Phi) is 20.3. The molecule has 0 heterocycles. The molecule has 0 aliphatic rings. The molecular formula is C25H54BrN. The van der Waals surface area contributed by atoms with Crippen LogP contribution < -0.4 is 17.0 Å². The summed E-state index contributed by atoms with van der Waals surface area (Å²) in [5.41, 5.74) is 0. The lowest BCUT2D eigenvalue weighted by molar-refractivity contribution is -0.910. The topological polar surface area (TPSA) is 0 Å². The van der Waals surface area contributed by atoms with Gasteiger partial charge in [-0.1, -0.05) is 80.1 Å². The fourth-order valence-electron chi connectivity index (χ4n) is 4.00. The van der Waals surface area contributed by atoms with Gasteiger partial charge in [-0.25, -0.2) is 0 Å². The van der Waals surface area contributed by atoms with Crippen molar-refractivity contribution >= 4 is 0 Å². The normalized spacial score (nSPS) is 12.2. The van der Waals surface area contributed by atoms with Crippen molar-refractivity contribution in [2.24, 2.45) is 17.8 Å². The fraction of sp³-hybridized carbons (Fsp3) is 1.00. The van der Waals surface area contributed by atoms with Crippen LogP contribution in [0.15, 0.2) is 0 Å². The Morgan fingerprint density at radius 3 is 0.926 bits per heavy atom. The highest BCUT2D eigenvalue weighted by atomic mass is 79.9. The Labute approximate surface area is 184 Å². The summed E-state index contributed by atoms with van der Waals surface area (Å²) in [7, 11) is 2.55. The number of nitrogens with zero attached hydrogens (tertiary/aromatic N) is 1. The fourth-order valence-corrected chi connectivity index (χ4v) is 4.00. The highest BCUT2D eigenvalue weighted by Crippen LogP contribution is 2.17. The molecule has 0 radical (unpaired) electrons. The Morgan fingerprint density at radius 2 is 0.704 bits per heavy atom. The second kappa shape index (κ2) is 18.5. The minimum Gasteiger partial charge on any atom is -1.00 e. The van der Waals surface area contributed by atoms with Gasteiger partial charge in [0.25, 0.3) is 0 Å². The second-order valence-electron chi connectivity index (χ2n) is 10.5. The molecule has 0 saturated heterocycles. The molecule has 0 aromatic heterocycles. The molecule has 0 aromatic rings. The van der Waals surface area contributed by atoms with E-state index >= 15 is 0 Å². The maximum absolute atomic E-state index is 2.55. The van der Waals surface area contributed by atoms with Crippen molar-refractivity contribution in [1.29, 1.82) is 0 Å². The molecule has 0 aliphatic heterocycles. The maximum Gasteiger partial charge on any atom is 0.0784 e. The molecular weight excluding hydrogens is 394 g/mol. The first-order valence-corrected chi connectivity index (χ1v) is 12.1. The maximum atomic E-state index is 2.55. The first-order valence-electron chi connectivity index (χ1n) is 12.1. The summed E-state index contributed by atoms with van der Waals surface area (Å²) >= 11 is 0. The lowest BCUT2D eigenvalue weighted by Crippen LogP contribution is -3.00. The van der Waals surface area contributed by atoms with E-state index in [1.165, 1.54) is 101 Å². The number of halogens is 1. The van der Waals surface area contributed by atoms with Gasteiger partial charge >= 0.3 is 0 Å². The molecule has 2 heteroatoms. The zero-order valence-corrected chi connectivity index (χ0v) is 21.7. The van der Waals surface area contributed by atoms with Gasteiger partial charge in [-0.15, -0.1) is 0 Å². The van der Waals surface area contributed by atoms with Gasteiger partial charge in [0, 0.05) is 0 Å². The molecule has 0 saturated carbocycles. The van der Waals surface area contributed by atoms with Gasteiger partial charge in [0.15, 0.2) is 0 Å². The predicted molar refractivity (Wildman–Crippen MR) is 121 cm³/mol. The van der Waals surface area contributed by atoms with Crippen LogP contribution in [0.4, 0.5) is 0 Å². The van der Waals surface area contributed by atoms with Gasteiger partial charge in [-0.3, -0.25) is 0 Å². The van der Waals surface area contributed by atoms with Gasteiger partial charge in [-0.05, 0) is 56.3 Å². The molecule has 0 amide bonds. The molecule has 0 atom stereocenters. The SMILES string of the molecule is CC(C)CCCCC[N+](C)(CCCCCC(C)C)CCCCCC(C)C.[Br-]. The molecule has 0 N–H and O–H groups in total. The van der Waals surface area contributed by atoms with Crippen molar-refractivity contribution in [3.05, 3.63) is 0 Å². The Balaban J connectivity index is 0. The molecule has 0 spiro atoms. The van der Waals surface area contributed by atoms with E-state index in [1.807, 2.05) is 0 Å². The third-order valence-electron chi connectivity index (χ3n) is 5.94. The summed E-state index contributed by atoms with van der Waals surface area (Å²) in [5, 5.41) is 0. The van der Waals surface area contributed by atoms with Crippen LogP contribution in [0, 0.1) is 17.8 Å². The molecule has 0 rings (SSSR count). The lowest BCUT2D eigenvalue weighted by atomic mass is 10.0. The van der Waals surface area contributed by atoms with Crippen LogP contribution in [-0.2, 0) is 0 Å². The molecule has 0 unspecified atom stereocenters. The number of unbranched alkanes of at least 4 members (excludes halogenated alkanes) is 6. The largest absolute Gasteiger partial charge is 1.00 e. The predicted octanol–water partition coefficient (Wildman–Crippen LogP) is 5.09. The minimum absolute atomic E-state index is 0. The Morgan fingerprint density at radius 1 is 0.444 bits per heavy atom. The van der Waals surface area contributed by atoms with E-state index in [1.54, 1.807) is 0 Å². The number of hydrogen-bond acceptors (Lipinski definition) is 0. The average molecular weight is 449 g/mol. The van der Waals surface area contributed by atoms with Crippen molar-refractivity contribution in [3.63, 3.8) is 0 Å². The van der Waals surface area contributed by atoms with E-state index < -0.39 is 0 Å². The smallest absolute Gasteiger partial charge is 0.0784 e. The van der Waals surface area contributed by atoms with E-state index in [-0.39, 0.29) is 17.0 Å². The summed E-state index contributed by atoms with van der Waals surface area (Å²) in [6, 6.07) is 0. The molecule has 1 nitrogen and oxygen atoms in total. The second-order valence-corrected chi connectivity index (χ2v) is 10.5. The van der Waals surface area contributed by atoms with Crippen molar-refractivity contribution in [3.8, 4) is 0 Å². The van der Waals surface area contributed by atoms with E-state index in [0.717, 1.165) is 17.8 Å². The standard InChI is InChI=1S/C25H54N.BrH/c1-23(2)17-11-8-14-20-26(7,21-15-9-12-18-24(3)4)22-16-10-13-19-25(5)6;/h23-25H,8-22H2,1-7H3;1H/q+1;/p-1. The van der Waals surface area contributed by atoms with Crippen molar-refractivity contribution in [2.75, 3.05) is 26.7 Å². The van der Waals surface area contributed by atoms with Crippen LogP contribution in [0.1, 0.15) is 119 Å². The number of hydrogen-bond donors (Lipinski definition) is 0.